The Labute approximate surface area is 120 Å². The van der Waals surface area contributed by atoms with Crippen LogP contribution in [0.4, 0.5) is 0 Å². The monoisotopic (exact) mass is 295 g/mol. The molecule has 0 saturated heterocycles. The number of hydrogen-bond acceptors (Lipinski definition) is 2. The number of halogens is 3. The first-order chi connectivity index (χ1) is 4.41. The molecule has 0 bridgehead atoms. The zero-order valence-corrected chi connectivity index (χ0v) is 12.0. The van der Waals surface area contributed by atoms with E-state index in [2.05, 4.69) is 16.9 Å². The predicted octanol–water partition coefficient (Wildman–Crippen LogP) is 2.72. The Morgan fingerprint density at radius 3 is 1.86 bits per heavy atom. The largest absolute Gasteiger partial charge is 3.00 e. The Bertz CT molecular complexity index is 120. The fraction of sp³-hybridized carbons (Fsp3) is 0.250. The summed E-state index contributed by atoms with van der Waals surface area (Å²) < 4.78 is 3.74. The quantitative estimate of drug-likeness (QED) is 0.549. The van der Waals surface area contributed by atoms with Gasteiger partial charge in [-0.25, -0.2) is 12.2 Å². The summed E-state index contributed by atoms with van der Waals surface area (Å²) in [6, 6.07) is 0. The summed E-state index contributed by atoms with van der Waals surface area (Å²) in [5.74, 6) is 0. The van der Waals surface area contributed by atoms with Crippen LogP contribution in [0.1, 0.15) is 6.42 Å². The van der Waals surface area contributed by atoms with Crippen LogP contribution in [0, 0.1) is 13.5 Å². The van der Waals surface area contributed by atoms with Gasteiger partial charge in [-0.05, 0) is 0 Å². The third kappa shape index (κ3) is 39.1. The number of hydrogen-bond donors (Lipinski definition) is 0. The van der Waals surface area contributed by atoms with E-state index in [-0.39, 0.29) is 66.4 Å². The number of ether oxygens (including phenoxy) is 1. The van der Waals surface area contributed by atoms with Gasteiger partial charge in [0.05, 0.1) is 0 Å². The molecule has 0 fully saturated rings. The molecule has 2 nitrogen and oxygen atoms in total. The van der Waals surface area contributed by atoms with Gasteiger partial charge in [0.1, 0.15) is 0 Å². The van der Waals surface area contributed by atoms with Gasteiger partial charge in [-0.1, -0.05) is 6.47 Å². The summed E-state index contributed by atoms with van der Waals surface area (Å²) in [7, 11) is 1.26. The Balaban J connectivity index is -0.0000000171. The van der Waals surface area contributed by atoms with E-state index in [4.69, 9.17) is 4.79 Å². The molecule has 0 atom stereocenters. The molecule has 83 valence electrons. The minimum absolute atomic E-state index is 0. The number of carbonyl (C=O) groups excluding carboxylic acids is 1. The van der Waals surface area contributed by atoms with E-state index in [0.29, 0.717) is 0 Å². The van der Waals surface area contributed by atoms with E-state index in [9.17, 15) is 0 Å². The van der Waals surface area contributed by atoms with Crippen LogP contribution >= 0.6 is 37.2 Å². The number of methoxy groups -OCH3 is 1. The van der Waals surface area contributed by atoms with E-state index in [1.54, 1.807) is 0 Å². The summed E-state index contributed by atoms with van der Waals surface area (Å²) >= 11 is 0. The van der Waals surface area contributed by atoms with Crippen molar-refractivity contribution in [3.63, 3.8) is 0 Å². The molecule has 0 heterocycles. The molecule has 14 heavy (non-hydrogen) atoms. The van der Waals surface area contributed by atoms with Crippen molar-refractivity contribution < 1.29 is 31.2 Å². The van der Waals surface area contributed by atoms with Gasteiger partial charge < -0.3 is 17.0 Å². The summed E-state index contributed by atoms with van der Waals surface area (Å²) in [4.78, 5) is 8.83. The second-order valence-electron chi connectivity index (χ2n) is 1.29. The minimum Gasteiger partial charge on any atom is -0.655 e. The molecule has 0 aliphatic heterocycles. The normalized spacial score (nSPS) is 7.79. The number of rotatable bonds is 1. The van der Waals surface area contributed by atoms with E-state index >= 15 is 0 Å². The second-order valence-corrected chi connectivity index (χ2v) is 1.29. The van der Waals surface area contributed by atoms with E-state index < -0.39 is 0 Å². The molecular formula is C8H14Cl3O2Ti. The summed E-state index contributed by atoms with van der Waals surface area (Å²) in [5, 5.41) is 0. The molecule has 6 heteroatoms. The van der Waals surface area contributed by atoms with Gasteiger partial charge in [-0.2, -0.15) is 6.08 Å². The molecule has 0 aromatic carbocycles. The molecule has 1 aliphatic rings. The van der Waals surface area contributed by atoms with Crippen molar-refractivity contribution in [3.8, 4) is 0 Å². The van der Waals surface area contributed by atoms with E-state index in [0.717, 1.165) is 6.42 Å². The van der Waals surface area contributed by atoms with Crippen molar-refractivity contribution in [2.75, 3.05) is 7.11 Å². The number of allylic oxidation sites excluding steroid dienone is 4. The van der Waals surface area contributed by atoms with Gasteiger partial charge in [-0.3, -0.25) is 6.08 Å². The van der Waals surface area contributed by atoms with Crippen LogP contribution in [-0.2, 0) is 31.2 Å². The Hall–Kier alpha value is 0.534. The first-order valence-corrected chi connectivity index (χ1v) is 2.53. The van der Waals surface area contributed by atoms with Gasteiger partial charge in [0.2, 0.25) is 0 Å². The van der Waals surface area contributed by atoms with Gasteiger partial charge in [0.15, 0.2) is 0 Å². The standard InChI is InChI=1S/C5H5.C2H3O2.CH3.3ClH.Ti/c1-2-4-5-3-1;1-4-2-3;;;;;/h1-3H,4H2;1H3;1H3;3*1H;/q3*-1;;;;+3. The first-order valence-electron chi connectivity index (χ1n) is 2.53. The average Bonchev–Trinajstić information content (AvgIpc) is 2.43. The predicted molar refractivity (Wildman–Crippen MR) is 62.4 cm³/mol. The zero-order valence-electron chi connectivity index (χ0n) is 7.98. The Morgan fingerprint density at radius 1 is 1.36 bits per heavy atom. The molecule has 0 N–H and O–H groups in total. The van der Waals surface area contributed by atoms with Crippen LogP contribution in [0.2, 0.25) is 0 Å². The Morgan fingerprint density at radius 2 is 1.79 bits per heavy atom. The van der Waals surface area contributed by atoms with E-state index in [1.807, 2.05) is 12.2 Å². The molecule has 1 rings (SSSR count). The first kappa shape index (κ1) is 36.6. The SMILES string of the molecule is CO[C-]=O.Cl.Cl.Cl.[C-]1=CC=CC1.[CH3-].[Ti+3]. The maximum Gasteiger partial charge on any atom is 3.00 e. The minimum atomic E-state index is 0. The van der Waals surface area contributed by atoms with Crippen molar-refractivity contribution in [2.24, 2.45) is 0 Å². The molecule has 0 saturated carbocycles. The van der Waals surface area contributed by atoms with Gasteiger partial charge >= 0.3 is 21.7 Å². The zero-order chi connectivity index (χ0) is 6.95. The van der Waals surface area contributed by atoms with Crippen molar-refractivity contribution >= 4 is 43.7 Å². The van der Waals surface area contributed by atoms with Gasteiger partial charge in [-0.15, -0.1) is 43.6 Å². The molecule has 1 aliphatic carbocycles. The molecule has 1 radical (unpaired) electrons. The fourth-order valence-corrected chi connectivity index (χ4v) is 0.340. The average molecular weight is 296 g/mol. The summed E-state index contributed by atoms with van der Waals surface area (Å²) in [6.07, 6.45) is 10.0. The maximum absolute atomic E-state index is 8.83. The van der Waals surface area contributed by atoms with Crippen LogP contribution < -0.4 is 0 Å². The Kier molecular flexibility index (Phi) is 97.8. The third-order valence-corrected chi connectivity index (χ3v) is 0.669. The van der Waals surface area contributed by atoms with Gasteiger partial charge in [0.25, 0.3) is 0 Å². The van der Waals surface area contributed by atoms with Crippen molar-refractivity contribution in [1.82, 2.24) is 0 Å². The molecule has 0 unspecified atom stereocenters. The second kappa shape index (κ2) is 37.5. The topological polar surface area (TPSA) is 26.3 Å². The fourth-order valence-electron chi connectivity index (χ4n) is 0.340. The molecule has 0 aromatic heterocycles. The van der Waals surface area contributed by atoms with Crippen LogP contribution in [-0.4, -0.2) is 13.6 Å². The molecular weight excluding hydrogens is 282 g/mol. The molecule has 0 spiro atoms. The van der Waals surface area contributed by atoms with Crippen LogP contribution in [0.15, 0.2) is 18.2 Å². The maximum atomic E-state index is 8.83. The smallest absolute Gasteiger partial charge is 0.655 e. The third-order valence-electron chi connectivity index (χ3n) is 0.669. The molecule has 0 amide bonds. The molecule has 0 aromatic rings. The van der Waals surface area contributed by atoms with Gasteiger partial charge in [0, 0.05) is 7.11 Å². The summed E-state index contributed by atoms with van der Waals surface area (Å²) in [5.41, 5.74) is 0. The van der Waals surface area contributed by atoms with Crippen molar-refractivity contribution in [3.05, 3.63) is 31.7 Å². The van der Waals surface area contributed by atoms with Crippen LogP contribution in [0.3, 0.4) is 0 Å². The summed E-state index contributed by atoms with van der Waals surface area (Å²) in [6.45, 7) is 1.18. The van der Waals surface area contributed by atoms with Crippen molar-refractivity contribution in [1.29, 1.82) is 0 Å². The van der Waals surface area contributed by atoms with Crippen molar-refractivity contribution in [2.45, 2.75) is 6.42 Å². The van der Waals surface area contributed by atoms with E-state index in [1.165, 1.54) is 13.6 Å². The van der Waals surface area contributed by atoms with Crippen LogP contribution in [0.5, 0.6) is 0 Å². The van der Waals surface area contributed by atoms with Crippen LogP contribution in [0.25, 0.3) is 0 Å².